The first-order valence-electron chi connectivity index (χ1n) is 19.1. The number of fused-ring (bicyclic) bond motifs is 1. The number of hydrogen-bond donors (Lipinski definition) is 6. The molecule has 1 amide bonds. The fourth-order valence-electron chi connectivity index (χ4n) is 6.02. The molecule has 4 aromatic carbocycles. The predicted molar refractivity (Wildman–Crippen MR) is 234 cm³/mol. The maximum atomic E-state index is 13.0. The van der Waals surface area contributed by atoms with Gasteiger partial charge in [-0.3, -0.25) is 9.52 Å². The van der Waals surface area contributed by atoms with Crippen LogP contribution < -0.4 is 40.2 Å². The molecule has 0 saturated heterocycles. The highest BCUT2D eigenvalue weighted by molar-refractivity contribution is 7.92. The average Bonchev–Trinajstić information content (AvgIpc) is 3.20. The minimum absolute atomic E-state index is 0.222. The second-order valence-electron chi connectivity index (χ2n) is 14.6. The molecule has 1 atom stereocenters. The summed E-state index contributed by atoms with van der Waals surface area (Å²) in [6.45, 7) is 8.51. The lowest BCUT2D eigenvalue weighted by Gasteiger charge is -2.26. The summed E-state index contributed by atoms with van der Waals surface area (Å²) in [5.74, 6) is 1.92. The molecule has 0 saturated carbocycles. The molecule has 16 nitrogen and oxygen atoms in total. The molecule has 0 aliphatic rings. The number of aliphatic hydroxyl groups excluding tert-OH is 1. The molecule has 0 bridgehead atoms. The number of nitrogens with zero attached hydrogens (tertiary/aromatic N) is 1. The van der Waals surface area contributed by atoms with Crippen LogP contribution in [0.3, 0.4) is 0 Å². The topological polar surface area (TPSA) is 200 Å². The van der Waals surface area contributed by atoms with E-state index in [1.807, 2.05) is 51.1 Å². The fourth-order valence-corrected chi connectivity index (χ4v) is 6.57. The van der Waals surface area contributed by atoms with Crippen LogP contribution in [0.5, 0.6) is 23.0 Å². The van der Waals surface area contributed by atoms with Gasteiger partial charge in [-0.2, -0.15) is 0 Å². The van der Waals surface area contributed by atoms with Crippen molar-refractivity contribution in [1.29, 1.82) is 0 Å². The van der Waals surface area contributed by atoms with Gasteiger partial charge in [0.1, 0.15) is 23.1 Å². The maximum absolute atomic E-state index is 13.0. The highest BCUT2D eigenvalue weighted by Crippen LogP contribution is 2.40. The van der Waals surface area contributed by atoms with Gasteiger partial charge in [0.25, 0.3) is 5.91 Å². The third-order valence-electron chi connectivity index (χ3n) is 8.89. The monoisotopic (exact) mass is 846 g/mol. The van der Waals surface area contributed by atoms with Gasteiger partial charge in [0, 0.05) is 59.7 Å². The largest absolute Gasteiger partial charge is 0.497 e. The number of rotatable bonds is 22. The van der Waals surface area contributed by atoms with Gasteiger partial charge in [-0.05, 0) is 53.4 Å². The number of sulfonamides is 1. The summed E-state index contributed by atoms with van der Waals surface area (Å²) in [7, 11) is 0.940. The quantitative estimate of drug-likeness (QED) is 0.0319. The van der Waals surface area contributed by atoms with Crippen LogP contribution in [0.4, 0.5) is 28.6 Å². The van der Waals surface area contributed by atoms with E-state index in [4.69, 9.17) is 28.4 Å². The van der Waals surface area contributed by atoms with E-state index in [-0.39, 0.29) is 22.8 Å². The van der Waals surface area contributed by atoms with Crippen molar-refractivity contribution in [2.24, 2.45) is 0 Å². The second kappa shape index (κ2) is 20.9. The van der Waals surface area contributed by atoms with Gasteiger partial charge in [-0.1, -0.05) is 45.0 Å². The summed E-state index contributed by atoms with van der Waals surface area (Å²) in [6.07, 6.45) is 1.35. The van der Waals surface area contributed by atoms with E-state index in [0.29, 0.717) is 85.3 Å². The van der Waals surface area contributed by atoms with Crippen LogP contribution in [0, 0.1) is 0 Å². The van der Waals surface area contributed by atoms with Crippen LogP contribution in [0.15, 0.2) is 85.1 Å². The number of amides is 1. The number of ether oxygens (including phenoxy) is 6. The molecule has 0 aliphatic heterocycles. The van der Waals surface area contributed by atoms with Gasteiger partial charge < -0.3 is 54.8 Å². The minimum Gasteiger partial charge on any atom is -0.497 e. The van der Waals surface area contributed by atoms with Crippen molar-refractivity contribution in [2.45, 2.75) is 32.5 Å². The van der Waals surface area contributed by atoms with Crippen molar-refractivity contribution >= 4 is 55.3 Å². The number of carbonyl (C=O) groups is 1. The van der Waals surface area contributed by atoms with Gasteiger partial charge in [-0.25, -0.2) is 13.4 Å². The number of aromatic nitrogens is 1. The Bertz CT molecular complexity index is 2340. The molecule has 322 valence electrons. The van der Waals surface area contributed by atoms with E-state index < -0.39 is 16.4 Å². The van der Waals surface area contributed by atoms with Gasteiger partial charge in [0.15, 0.2) is 5.75 Å². The number of aliphatic hydroxyl groups is 1. The van der Waals surface area contributed by atoms with E-state index in [2.05, 4.69) is 31.0 Å². The zero-order chi connectivity index (χ0) is 43.3. The van der Waals surface area contributed by atoms with Crippen LogP contribution in [0.25, 0.3) is 10.8 Å². The highest BCUT2D eigenvalue weighted by atomic mass is 32.2. The summed E-state index contributed by atoms with van der Waals surface area (Å²) >= 11 is 0. The van der Waals surface area contributed by atoms with E-state index in [1.165, 1.54) is 14.2 Å². The Morgan fingerprint density at radius 2 is 1.48 bits per heavy atom. The van der Waals surface area contributed by atoms with Gasteiger partial charge in [0.2, 0.25) is 16.4 Å². The number of methoxy groups -OCH3 is 3. The van der Waals surface area contributed by atoms with E-state index >= 15 is 0 Å². The first kappa shape index (κ1) is 45.2. The molecule has 5 aromatic rings. The molecule has 0 fully saturated rings. The molecule has 1 heterocycles. The molecule has 5 rings (SSSR count). The van der Waals surface area contributed by atoms with Crippen molar-refractivity contribution in [2.75, 3.05) is 87.8 Å². The summed E-state index contributed by atoms with van der Waals surface area (Å²) in [6, 6.07) is 23.2. The van der Waals surface area contributed by atoms with Crippen LogP contribution in [0.1, 0.15) is 36.7 Å². The molecule has 0 aliphatic carbocycles. The Morgan fingerprint density at radius 3 is 2.18 bits per heavy atom. The van der Waals surface area contributed by atoms with E-state index in [0.717, 1.165) is 22.6 Å². The molecular weight excluding hydrogens is 793 g/mol. The SMILES string of the molecule is COCCOCCOCCNC(=O)c1cc(Nc2cc(Oc3ccc(NC(O)Nc4cc(C(C)(C)C)cc(NS(C)(=O)=O)c4OC)c4ccccc34)ccn2)cc(OC)c1. The van der Waals surface area contributed by atoms with Crippen LogP contribution >= 0.6 is 0 Å². The predicted octanol–water partition coefficient (Wildman–Crippen LogP) is 6.67. The number of pyridine rings is 1. The molecule has 6 N–H and O–H groups in total. The number of carbonyl (C=O) groups excluding carboxylic acids is 1. The Balaban J connectivity index is 1.27. The number of hydrogen-bond acceptors (Lipinski definition) is 14. The summed E-state index contributed by atoms with van der Waals surface area (Å²) in [4.78, 5) is 17.5. The molecule has 17 heteroatoms. The summed E-state index contributed by atoms with van der Waals surface area (Å²) in [5.41, 5.74) is 2.66. The van der Waals surface area contributed by atoms with Gasteiger partial charge >= 0.3 is 0 Å². The zero-order valence-corrected chi connectivity index (χ0v) is 35.7. The standard InChI is InChI=1S/C43H54N6O10S/c1-43(2,3)29-24-36(40(56-6)37(25-29)49-60(7,52)53)48-42(51)47-35-12-13-38(34-11-9-8-10-33(34)35)59-31-14-15-44-39(27-31)46-30-22-28(23-32(26-30)55-5)41(50)45-16-17-57-20-21-58-19-18-54-4/h8-15,22-27,42,47-49,51H,16-21H2,1-7H3,(H,44,46)(H,45,50). The lowest BCUT2D eigenvalue weighted by atomic mass is 9.86. The van der Waals surface area contributed by atoms with Crippen LogP contribution in [-0.2, 0) is 29.6 Å². The Kier molecular flexibility index (Phi) is 15.8. The molecule has 1 aromatic heterocycles. The number of benzene rings is 4. The summed E-state index contributed by atoms with van der Waals surface area (Å²) in [5, 5.41) is 25.0. The van der Waals surface area contributed by atoms with Gasteiger partial charge in [0.05, 0.1) is 64.9 Å². The lowest BCUT2D eigenvalue weighted by molar-refractivity contribution is 0.0255. The smallest absolute Gasteiger partial charge is 0.251 e. The fraction of sp³-hybridized carbons (Fsp3) is 0.349. The van der Waals surface area contributed by atoms with Crippen molar-refractivity contribution < 1.29 is 46.7 Å². The first-order chi connectivity index (χ1) is 28.7. The van der Waals surface area contributed by atoms with E-state index in [9.17, 15) is 18.3 Å². The van der Waals surface area contributed by atoms with Crippen LogP contribution in [-0.4, -0.2) is 97.9 Å². The van der Waals surface area contributed by atoms with Crippen molar-refractivity contribution in [1.82, 2.24) is 10.3 Å². The second-order valence-corrected chi connectivity index (χ2v) is 16.4. The highest BCUT2D eigenvalue weighted by Gasteiger charge is 2.23. The molecule has 0 spiro atoms. The van der Waals surface area contributed by atoms with Crippen LogP contribution in [0.2, 0.25) is 0 Å². The van der Waals surface area contributed by atoms with Gasteiger partial charge in [-0.15, -0.1) is 0 Å². The Labute approximate surface area is 350 Å². The molecule has 1 unspecified atom stereocenters. The third kappa shape index (κ3) is 13.1. The lowest BCUT2D eigenvalue weighted by Crippen LogP contribution is -2.29. The maximum Gasteiger partial charge on any atom is 0.251 e. The molecule has 60 heavy (non-hydrogen) atoms. The third-order valence-corrected chi connectivity index (χ3v) is 9.49. The minimum atomic E-state index is -3.63. The Morgan fingerprint density at radius 1 is 0.783 bits per heavy atom. The normalized spacial score (nSPS) is 12.1. The van der Waals surface area contributed by atoms with Crippen molar-refractivity contribution in [3.05, 3.63) is 96.2 Å². The molecular formula is C43H54N6O10S. The summed E-state index contributed by atoms with van der Waals surface area (Å²) < 4.78 is 60.2. The average molecular weight is 847 g/mol. The van der Waals surface area contributed by atoms with Crippen molar-refractivity contribution in [3.63, 3.8) is 0 Å². The van der Waals surface area contributed by atoms with Crippen molar-refractivity contribution in [3.8, 4) is 23.0 Å². The number of nitrogens with one attached hydrogen (secondary N) is 5. The first-order valence-corrected chi connectivity index (χ1v) is 21.0. The van der Waals surface area contributed by atoms with E-state index in [1.54, 1.807) is 61.8 Å². The molecule has 0 radical (unpaired) electrons. The number of anilines is 5. The zero-order valence-electron chi connectivity index (χ0n) is 34.9. The Hall–Kier alpha value is -5.85.